The molecule has 0 saturated heterocycles. The van der Waals surface area contributed by atoms with E-state index in [0.29, 0.717) is 18.3 Å². The van der Waals surface area contributed by atoms with Crippen LogP contribution in [0.15, 0.2) is 60.7 Å². The van der Waals surface area contributed by atoms with Gasteiger partial charge in [0, 0.05) is 17.5 Å². The highest BCUT2D eigenvalue weighted by molar-refractivity contribution is 5.90. The molecule has 1 unspecified atom stereocenters. The van der Waals surface area contributed by atoms with Gasteiger partial charge in [0.25, 0.3) is 6.29 Å². The van der Waals surface area contributed by atoms with Crippen LogP contribution in [-0.2, 0) is 21.6 Å². The zero-order valence-corrected chi connectivity index (χ0v) is 21.0. The van der Waals surface area contributed by atoms with Gasteiger partial charge < -0.3 is 14.6 Å². The molecule has 0 spiro atoms. The molecule has 2 aliphatic carbocycles. The fourth-order valence-corrected chi connectivity index (χ4v) is 7.30. The van der Waals surface area contributed by atoms with Crippen LogP contribution in [0, 0.1) is 11.8 Å². The van der Waals surface area contributed by atoms with E-state index in [4.69, 9.17) is 9.47 Å². The lowest BCUT2D eigenvalue weighted by Crippen LogP contribution is -2.54. The second kappa shape index (κ2) is 9.89. The number of hydrogen-bond donors (Lipinski definition) is 1. The van der Waals surface area contributed by atoms with Crippen LogP contribution in [0.2, 0.25) is 0 Å². The average Bonchev–Trinajstić information content (AvgIpc) is 2.94. The van der Waals surface area contributed by atoms with Gasteiger partial charge in [-0.25, -0.2) is 4.79 Å². The molecule has 3 aliphatic rings. The van der Waals surface area contributed by atoms with Gasteiger partial charge in [-0.15, -0.1) is 0 Å². The van der Waals surface area contributed by atoms with Crippen LogP contribution >= 0.6 is 0 Å². The Bertz CT molecular complexity index is 1200. The highest BCUT2D eigenvalue weighted by Gasteiger charge is 2.55. The number of fused-ring (bicyclic) bond motifs is 2. The van der Waals surface area contributed by atoms with E-state index >= 15 is 0 Å². The summed E-state index contributed by atoms with van der Waals surface area (Å²) >= 11 is 0. The summed E-state index contributed by atoms with van der Waals surface area (Å²) in [5.41, 5.74) is 2.76. The molecule has 6 rings (SSSR count). The summed E-state index contributed by atoms with van der Waals surface area (Å²) in [5, 5.41) is 12.5. The molecular formula is C32H36O4. The Morgan fingerprint density at radius 1 is 0.833 bits per heavy atom. The molecule has 2 saturated carbocycles. The summed E-state index contributed by atoms with van der Waals surface area (Å²) in [6.07, 6.45) is 11.0. The van der Waals surface area contributed by atoms with Crippen LogP contribution in [0.5, 0.6) is 5.75 Å². The number of aliphatic carboxylic acids is 1. The van der Waals surface area contributed by atoms with Crippen molar-refractivity contribution in [2.75, 3.05) is 0 Å². The van der Waals surface area contributed by atoms with Crippen LogP contribution in [0.3, 0.4) is 0 Å². The maximum atomic E-state index is 12.5. The summed E-state index contributed by atoms with van der Waals surface area (Å²) in [5.74, 6) is 0.344. The first-order valence-corrected chi connectivity index (χ1v) is 13.8. The molecule has 4 heteroatoms. The van der Waals surface area contributed by atoms with Crippen LogP contribution in [0.1, 0.15) is 80.9 Å². The molecule has 0 aromatic heterocycles. The van der Waals surface area contributed by atoms with Gasteiger partial charge in [-0.1, -0.05) is 93.1 Å². The molecule has 0 amide bonds. The van der Waals surface area contributed by atoms with E-state index in [1.54, 1.807) is 0 Å². The van der Waals surface area contributed by atoms with Gasteiger partial charge in [0.1, 0.15) is 11.4 Å². The van der Waals surface area contributed by atoms with Crippen molar-refractivity contribution < 1.29 is 19.4 Å². The second-order valence-electron chi connectivity index (χ2n) is 11.0. The second-order valence-corrected chi connectivity index (χ2v) is 11.0. The normalized spacial score (nSPS) is 22.6. The van der Waals surface area contributed by atoms with E-state index < -0.39 is 17.9 Å². The molecule has 4 nitrogen and oxygen atoms in total. The number of rotatable bonds is 5. The van der Waals surface area contributed by atoms with Crippen LogP contribution in [0.4, 0.5) is 0 Å². The summed E-state index contributed by atoms with van der Waals surface area (Å²) in [6.45, 7) is 0. The molecule has 36 heavy (non-hydrogen) atoms. The molecule has 1 aliphatic heterocycles. The van der Waals surface area contributed by atoms with E-state index in [2.05, 4.69) is 54.6 Å². The molecule has 2 fully saturated rings. The number of ether oxygens (including phenoxy) is 2. The number of carboxylic acids is 1. The van der Waals surface area contributed by atoms with Crippen molar-refractivity contribution >= 4 is 16.7 Å². The van der Waals surface area contributed by atoms with Crippen molar-refractivity contribution in [1.82, 2.24) is 0 Å². The minimum atomic E-state index is -1.28. The van der Waals surface area contributed by atoms with Crippen LogP contribution in [-0.4, -0.2) is 17.4 Å². The minimum Gasteiger partial charge on any atom is -0.477 e. The Balaban J connectivity index is 1.62. The first kappa shape index (κ1) is 23.5. The van der Waals surface area contributed by atoms with Gasteiger partial charge in [0.15, 0.2) is 0 Å². The first-order valence-electron chi connectivity index (χ1n) is 13.8. The average molecular weight is 485 g/mol. The van der Waals surface area contributed by atoms with Gasteiger partial charge in [-0.05, 0) is 59.9 Å². The largest absolute Gasteiger partial charge is 0.477 e. The van der Waals surface area contributed by atoms with Gasteiger partial charge in [-0.3, -0.25) is 0 Å². The Labute approximate surface area is 213 Å². The molecule has 1 N–H and O–H groups in total. The molecule has 0 bridgehead atoms. The zero-order valence-electron chi connectivity index (χ0n) is 21.0. The Kier molecular flexibility index (Phi) is 6.47. The highest BCUT2D eigenvalue weighted by atomic mass is 16.7. The number of benzene rings is 3. The van der Waals surface area contributed by atoms with Crippen molar-refractivity contribution in [2.24, 2.45) is 11.8 Å². The topological polar surface area (TPSA) is 55.8 Å². The SMILES string of the molecule is O=C(O)C1Oc2c(cc3ccccc3c2Cc2ccccc2)C(C2CCCCC2)(C2CCCCC2)O1. The fourth-order valence-electron chi connectivity index (χ4n) is 7.30. The highest BCUT2D eigenvalue weighted by Crippen LogP contribution is 2.57. The van der Waals surface area contributed by atoms with Crippen LogP contribution in [0.25, 0.3) is 10.8 Å². The molecular weight excluding hydrogens is 448 g/mol. The van der Waals surface area contributed by atoms with Crippen molar-refractivity contribution in [3.8, 4) is 5.75 Å². The zero-order chi connectivity index (χ0) is 24.5. The monoisotopic (exact) mass is 484 g/mol. The first-order chi connectivity index (χ1) is 17.7. The third-order valence-electron chi connectivity index (χ3n) is 8.90. The molecule has 1 atom stereocenters. The van der Waals surface area contributed by atoms with Crippen molar-refractivity contribution in [3.63, 3.8) is 0 Å². The quantitative estimate of drug-likeness (QED) is 0.405. The maximum absolute atomic E-state index is 12.5. The third kappa shape index (κ3) is 4.10. The molecule has 1 heterocycles. The van der Waals surface area contributed by atoms with E-state index in [9.17, 15) is 9.90 Å². The standard InChI is InChI=1S/C32H36O4/c33-30(34)31-35-29-27(20-22-12-4-1-5-13-22)26-19-11-10-14-23(26)21-28(29)32(36-31,24-15-6-2-7-16-24)25-17-8-3-9-18-25/h1,4-5,10-14,19,21,24-25,31H,2-3,6-9,15-18,20H2,(H,33,34). The summed E-state index contributed by atoms with van der Waals surface area (Å²) in [6, 6.07) is 21.2. The third-order valence-corrected chi connectivity index (χ3v) is 8.90. The molecule has 0 radical (unpaired) electrons. The number of carboxylic acid groups (broad SMARTS) is 1. The minimum absolute atomic E-state index is 0.310. The Morgan fingerprint density at radius 3 is 2.08 bits per heavy atom. The van der Waals surface area contributed by atoms with Gasteiger partial charge in [0.05, 0.1) is 0 Å². The molecule has 188 valence electrons. The molecule has 3 aromatic rings. The Morgan fingerprint density at radius 2 is 1.44 bits per heavy atom. The maximum Gasteiger partial charge on any atom is 0.373 e. The molecule has 3 aromatic carbocycles. The van der Waals surface area contributed by atoms with Crippen LogP contribution < -0.4 is 4.74 Å². The van der Waals surface area contributed by atoms with Crippen molar-refractivity contribution in [2.45, 2.75) is 82.5 Å². The van der Waals surface area contributed by atoms with E-state index in [-0.39, 0.29) is 0 Å². The number of carbonyl (C=O) groups is 1. The lowest BCUT2D eigenvalue weighted by atomic mass is 9.62. The number of hydrogen-bond acceptors (Lipinski definition) is 3. The predicted octanol–water partition coefficient (Wildman–Crippen LogP) is 7.61. The van der Waals surface area contributed by atoms with Crippen molar-refractivity contribution in [1.29, 1.82) is 0 Å². The summed E-state index contributed by atoms with van der Waals surface area (Å²) in [4.78, 5) is 12.5. The van der Waals surface area contributed by atoms with Gasteiger partial charge in [0.2, 0.25) is 0 Å². The smallest absolute Gasteiger partial charge is 0.373 e. The fraction of sp³-hybridized carbons (Fsp3) is 0.469. The Hall–Kier alpha value is -2.85. The summed E-state index contributed by atoms with van der Waals surface area (Å²) < 4.78 is 13.1. The van der Waals surface area contributed by atoms with Crippen molar-refractivity contribution in [3.05, 3.63) is 77.4 Å². The van der Waals surface area contributed by atoms with E-state index in [1.807, 2.05) is 6.07 Å². The van der Waals surface area contributed by atoms with Gasteiger partial charge in [-0.2, -0.15) is 0 Å². The van der Waals surface area contributed by atoms with E-state index in [0.717, 1.165) is 47.9 Å². The van der Waals surface area contributed by atoms with Gasteiger partial charge >= 0.3 is 5.97 Å². The van der Waals surface area contributed by atoms with E-state index in [1.165, 1.54) is 49.5 Å². The lowest BCUT2D eigenvalue weighted by molar-refractivity contribution is -0.252. The predicted molar refractivity (Wildman–Crippen MR) is 141 cm³/mol. The summed E-state index contributed by atoms with van der Waals surface area (Å²) in [7, 11) is 0. The lowest BCUT2D eigenvalue weighted by Gasteiger charge is -2.52.